The van der Waals surface area contributed by atoms with Gasteiger partial charge in [0.2, 0.25) is 0 Å². The Labute approximate surface area is 190 Å². The van der Waals surface area contributed by atoms with E-state index in [0.29, 0.717) is 30.2 Å². The molecule has 0 fully saturated rings. The molecule has 0 bridgehead atoms. The Bertz CT molecular complexity index is 971. The molecule has 0 saturated heterocycles. The van der Waals surface area contributed by atoms with Gasteiger partial charge in [-0.15, -0.1) is 12.4 Å². The molecule has 30 heavy (non-hydrogen) atoms. The van der Waals surface area contributed by atoms with Gasteiger partial charge in [-0.1, -0.05) is 36.4 Å². The normalized spacial score (nSPS) is 10.3. The van der Waals surface area contributed by atoms with E-state index in [-0.39, 0.29) is 24.8 Å². The zero-order chi connectivity index (χ0) is 20.6. The quantitative estimate of drug-likeness (QED) is 0.401. The summed E-state index contributed by atoms with van der Waals surface area (Å²) in [7, 11) is 3.25. The first kappa shape index (κ1) is 24.0. The van der Waals surface area contributed by atoms with Crippen LogP contribution in [0, 0.1) is 5.82 Å². The lowest BCUT2D eigenvalue weighted by Gasteiger charge is -2.15. The molecule has 0 aliphatic heterocycles. The minimum absolute atomic E-state index is 0. The fraction of sp³-hybridized carbons (Fsp3) is 0.217. The van der Waals surface area contributed by atoms with Gasteiger partial charge in [0.15, 0.2) is 11.5 Å². The van der Waals surface area contributed by atoms with Crippen molar-refractivity contribution >= 4 is 28.3 Å². The summed E-state index contributed by atoms with van der Waals surface area (Å²) in [5, 5.41) is 3.41. The lowest BCUT2D eigenvalue weighted by atomic mass is 10.1. The minimum Gasteiger partial charge on any atom is -0.496 e. The van der Waals surface area contributed by atoms with Gasteiger partial charge in [-0.2, -0.15) is 0 Å². The van der Waals surface area contributed by atoms with Gasteiger partial charge in [-0.25, -0.2) is 4.39 Å². The number of hydrogen-bond acceptors (Lipinski definition) is 4. The second-order valence-corrected chi connectivity index (χ2v) is 7.26. The molecular formula is C23H24BrClFNO3. The fourth-order valence-corrected chi connectivity index (χ4v) is 3.58. The molecule has 3 aromatic rings. The predicted molar refractivity (Wildman–Crippen MR) is 122 cm³/mol. The van der Waals surface area contributed by atoms with E-state index < -0.39 is 0 Å². The second-order valence-electron chi connectivity index (χ2n) is 6.40. The van der Waals surface area contributed by atoms with E-state index in [2.05, 4.69) is 21.2 Å². The van der Waals surface area contributed by atoms with Crippen LogP contribution in [0.15, 0.2) is 65.1 Å². The lowest BCUT2D eigenvalue weighted by molar-refractivity contribution is 0.277. The van der Waals surface area contributed by atoms with Crippen molar-refractivity contribution in [3.63, 3.8) is 0 Å². The monoisotopic (exact) mass is 495 g/mol. The van der Waals surface area contributed by atoms with E-state index in [1.165, 1.54) is 6.07 Å². The van der Waals surface area contributed by atoms with E-state index in [4.69, 9.17) is 14.2 Å². The molecule has 0 saturated carbocycles. The molecule has 0 radical (unpaired) electrons. The van der Waals surface area contributed by atoms with E-state index in [0.717, 1.165) is 21.3 Å². The third-order valence-corrected chi connectivity index (χ3v) is 5.05. The van der Waals surface area contributed by atoms with Gasteiger partial charge in [-0.3, -0.25) is 0 Å². The minimum atomic E-state index is -0.292. The molecule has 0 aromatic heterocycles. The number of halogens is 3. The topological polar surface area (TPSA) is 39.7 Å². The Morgan fingerprint density at radius 3 is 2.23 bits per heavy atom. The van der Waals surface area contributed by atoms with Crippen LogP contribution in [0.1, 0.15) is 16.7 Å². The molecule has 0 spiro atoms. The van der Waals surface area contributed by atoms with Crippen molar-refractivity contribution < 1.29 is 18.6 Å². The van der Waals surface area contributed by atoms with E-state index in [1.807, 2.05) is 36.4 Å². The van der Waals surface area contributed by atoms with Crippen molar-refractivity contribution in [1.82, 2.24) is 5.32 Å². The third kappa shape index (κ3) is 6.11. The van der Waals surface area contributed by atoms with Gasteiger partial charge >= 0.3 is 0 Å². The Hall–Kier alpha value is -2.28. The zero-order valence-corrected chi connectivity index (χ0v) is 19.2. The largest absolute Gasteiger partial charge is 0.496 e. The van der Waals surface area contributed by atoms with Crippen LogP contribution in [0.25, 0.3) is 0 Å². The summed E-state index contributed by atoms with van der Waals surface area (Å²) >= 11 is 3.54. The molecule has 0 aliphatic carbocycles. The van der Waals surface area contributed by atoms with Gasteiger partial charge in [-0.05, 0) is 45.8 Å². The summed E-state index contributed by atoms with van der Waals surface area (Å²) in [5.41, 5.74) is 2.61. The molecule has 0 heterocycles. The SMILES string of the molecule is COc1ccccc1CNCc1cc(Br)c(OCc2ccccc2F)c(OC)c1.Cl. The van der Waals surface area contributed by atoms with Gasteiger partial charge in [0, 0.05) is 24.2 Å². The molecular weight excluding hydrogens is 473 g/mol. The number of benzene rings is 3. The highest BCUT2D eigenvalue weighted by Gasteiger charge is 2.13. The van der Waals surface area contributed by atoms with Gasteiger partial charge in [0.1, 0.15) is 18.2 Å². The molecule has 4 nitrogen and oxygen atoms in total. The molecule has 0 aliphatic rings. The van der Waals surface area contributed by atoms with Crippen molar-refractivity contribution in [2.75, 3.05) is 14.2 Å². The van der Waals surface area contributed by atoms with E-state index in [1.54, 1.807) is 32.4 Å². The Kier molecular flexibility index (Phi) is 9.43. The smallest absolute Gasteiger partial charge is 0.175 e. The van der Waals surface area contributed by atoms with Crippen LogP contribution in [0.2, 0.25) is 0 Å². The fourth-order valence-electron chi connectivity index (χ4n) is 2.97. The second kappa shape index (κ2) is 11.8. The molecule has 160 valence electrons. The van der Waals surface area contributed by atoms with E-state index in [9.17, 15) is 4.39 Å². The van der Waals surface area contributed by atoms with Crippen molar-refractivity contribution in [3.05, 3.63) is 87.6 Å². The van der Waals surface area contributed by atoms with Crippen molar-refractivity contribution in [2.45, 2.75) is 19.7 Å². The summed E-state index contributed by atoms with van der Waals surface area (Å²) < 4.78 is 31.3. The molecule has 1 N–H and O–H groups in total. The van der Waals surface area contributed by atoms with Crippen LogP contribution in [0.3, 0.4) is 0 Å². The van der Waals surface area contributed by atoms with Crippen LogP contribution in [-0.4, -0.2) is 14.2 Å². The average molecular weight is 497 g/mol. The Balaban J connectivity index is 0.00000320. The maximum atomic E-state index is 13.8. The van der Waals surface area contributed by atoms with Gasteiger partial charge in [0.05, 0.1) is 18.7 Å². The first-order valence-corrected chi connectivity index (χ1v) is 9.97. The number of methoxy groups -OCH3 is 2. The van der Waals surface area contributed by atoms with Gasteiger partial charge in [0.25, 0.3) is 0 Å². The maximum absolute atomic E-state index is 13.8. The highest BCUT2D eigenvalue weighted by atomic mass is 79.9. The van der Waals surface area contributed by atoms with Crippen LogP contribution in [0.5, 0.6) is 17.2 Å². The molecule has 0 unspecified atom stereocenters. The number of hydrogen-bond donors (Lipinski definition) is 1. The summed E-state index contributed by atoms with van der Waals surface area (Å²) in [6, 6.07) is 18.3. The Morgan fingerprint density at radius 1 is 0.867 bits per heavy atom. The molecule has 3 aromatic carbocycles. The first-order chi connectivity index (χ1) is 14.1. The van der Waals surface area contributed by atoms with Crippen molar-refractivity contribution in [1.29, 1.82) is 0 Å². The van der Waals surface area contributed by atoms with E-state index >= 15 is 0 Å². The summed E-state index contributed by atoms with van der Waals surface area (Å²) in [4.78, 5) is 0. The first-order valence-electron chi connectivity index (χ1n) is 9.17. The predicted octanol–water partition coefficient (Wildman–Crippen LogP) is 5.90. The zero-order valence-electron chi connectivity index (χ0n) is 16.8. The van der Waals surface area contributed by atoms with Crippen LogP contribution < -0.4 is 19.5 Å². The lowest BCUT2D eigenvalue weighted by Crippen LogP contribution is -2.13. The summed E-state index contributed by atoms with van der Waals surface area (Å²) in [6.07, 6.45) is 0. The van der Waals surface area contributed by atoms with Crippen LogP contribution >= 0.6 is 28.3 Å². The van der Waals surface area contributed by atoms with Crippen LogP contribution in [-0.2, 0) is 19.7 Å². The average Bonchev–Trinajstić information content (AvgIpc) is 2.74. The summed E-state index contributed by atoms with van der Waals surface area (Å²) in [5.74, 6) is 1.70. The van der Waals surface area contributed by atoms with Crippen molar-refractivity contribution in [2.24, 2.45) is 0 Å². The van der Waals surface area contributed by atoms with Gasteiger partial charge < -0.3 is 19.5 Å². The molecule has 0 amide bonds. The Morgan fingerprint density at radius 2 is 1.53 bits per heavy atom. The highest BCUT2D eigenvalue weighted by Crippen LogP contribution is 2.37. The standard InChI is InChI=1S/C23H23BrFNO3.ClH/c1-27-21-10-6-4-7-17(21)14-26-13-16-11-19(24)23(22(12-16)28-2)29-15-18-8-3-5-9-20(18)25;/h3-12,26H,13-15H2,1-2H3;1H. The number of ether oxygens (including phenoxy) is 3. The van der Waals surface area contributed by atoms with Crippen LogP contribution in [0.4, 0.5) is 4.39 Å². The molecule has 0 atom stereocenters. The summed E-state index contributed by atoms with van der Waals surface area (Å²) in [6.45, 7) is 1.43. The number of para-hydroxylation sites is 1. The number of rotatable bonds is 9. The van der Waals surface area contributed by atoms with Crippen molar-refractivity contribution in [3.8, 4) is 17.2 Å². The molecule has 3 rings (SSSR count). The number of nitrogens with one attached hydrogen (secondary N) is 1. The third-order valence-electron chi connectivity index (χ3n) is 4.46. The maximum Gasteiger partial charge on any atom is 0.175 e. The molecule has 7 heteroatoms. The highest BCUT2D eigenvalue weighted by molar-refractivity contribution is 9.10.